The maximum Gasteiger partial charge on any atom is 0.416 e. The zero-order valence-corrected chi connectivity index (χ0v) is 11.4. The summed E-state index contributed by atoms with van der Waals surface area (Å²) in [6.07, 6.45) is -2.39. The average molecular weight is 302 g/mol. The standard InChI is InChI=1S/C14H17F3N2O2/c15-14(16,17)11-3-5-12(6-4-11)19-13(20)18-8-10-2-1-7-21-9-10/h3-6,10H,1-2,7-9H2,(H2,18,19,20)/t10-/m0/s1. The van der Waals surface area contributed by atoms with E-state index < -0.39 is 17.8 Å². The molecular formula is C14H17F3N2O2. The van der Waals surface area contributed by atoms with Crippen LogP contribution in [0.2, 0.25) is 0 Å². The lowest BCUT2D eigenvalue weighted by Crippen LogP contribution is -2.35. The van der Waals surface area contributed by atoms with Gasteiger partial charge in [0.05, 0.1) is 12.2 Å². The highest BCUT2D eigenvalue weighted by molar-refractivity contribution is 5.89. The van der Waals surface area contributed by atoms with Crippen LogP contribution in [0.15, 0.2) is 24.3 Å². The number of hydrogen-bond donors (Lipinski definition) is 2. The number of anilines is 1. The molecule has 0 saturated carbocycles. The molecule has 0 unspecified atom stereocenters. The van der Waals surface area contributed by atoms with Gasteiger partial charge in [0.15, 0.2) is 0 Å². The zero-order valence-electron chi connectivity index (χ0n) is 11.4. The molecule has 0 bridgehead atoms. The smallest absolute Gasteiger partial charge is 0.381 e. The van der Waals surface area contributed by atoms with Crippen molar-refractivity contribution in [2.45, 2.75) is 19.0 Å². The lowest BCUT2D eigenvalue weighted by atomic mass is 10.0. The maximum atomic E-state index is 12.4. The Balaban J connectivity index is 1.79. The largest absolute Gasteiger partial charge is 0.416 e. The van der Waals surface area contributed by atoms with Crippen LogP contribution in [-0.4, -0.2) is 25.8 Å². The van der Waals surface area contributed by atoms with E-state index in [9.17, 15) is 18.0 Å². The van der Waals surface area contributed by atoms with E-state index in [0.717, 1.165) is 31.6 Å². The van der Waals surface area contributed by atoms with Gasteiger partial charge in [-0.25, -0.2) is 4.79 Å². The second-order valence-corrected chi connectivity index (χ2v) is 4.99. The van der Waals surface area contributed by atoms with Crippen molar-refractivity contribution in [3.8, 4) is 0 Å². The van der Waals surface area contributed by atoms with Gasteiger partial charge in [0.25, 0.3) is 0 Å². The van der Waals surface area contributed by atoms with Crippen LogP contribution >= 0.6 is 0 Å². The number of carbonyl (C=O) groups excluding carboxylic acids is 1. The molecular weight excluding hydrogens is 285 g/mol. The van der Waals surface area contributed by atoms with Gasteiger partial charge in [-0.05, 0) is 43.0 Å². The van der Waals surface area contributed by atoms with Gasteiger partial charge in [-0.2, -0.15) is 13.2 Å². The van der Waals surface area contributed by atoms with E-state index in [0.29, 0.717) is 18.8 Å². The number of hydrogen-bond acceptors (Lipinski definition) is 2. The minimum absolute atomic E-state index is 0.289. The van der Waals surface area contributed by atoms with Crippen LogP contribution in [0.5, 0.6) is 0 Å². The summed E-state index contributed by atoms with van der Waals surface area (Å²) < 4.78 is 42.5. The third kappa shape index (κ3) is 4.93. The highest BCUT2D eigenvalue weighted by Crippen LogP contribution is 2.29. The first-order chi connectivity index (χ1) is 9.95. The van der Waals surface area contributed by atoms with Crippen molar-refractivity contribution >= 4 is 11.7 Å². The second kappa shape index (κ2) is 6.80. The Labute approximate surface area is 120 Å². The number of rotatable bonds is 3. The van der Waals surface area contributed by atoms with Gasteiger partial charge in [0.1, 0.15) is 0 Å². The molecule has 4 nitrogen and oxygen atoms in total. The molecule has 0 radical (unpaired) electrons. The van der Waals surface area contributed by atoms with Crippen molar-refractivity contribution in [3.63, 3.8) is 0 Å². The summed E-state index contributed by atoms with van der Waals surface area (Å²) in [4.78, 5) is 11.7. The Morgan fingerprint density at radius 1 is 1.29 bits per heavy atom. The van der Waals surface area contributed by atoms with Crippen molar-refractivity contribution < 1.29 is 22.7 Å². The van der Waals surface area contributed by atoms with Crippen LogP contribution in [-0.2, 0) is 10.9 Å². The Kier molecular flexibility index (Phi) is 5.06. The van der Waals surface area contributed by atoms with E-state index in [4.69, 9.17) is 4.74 Å². The van der Waals surface area contributed by atoms with E-state index in [-0.39, 0.29) is 5.92 Å². The fraction of sp³-hybridized carbons (Fsp3) is 0.500. The quantitative estimate of drug-likeness (QED) is 0.900. The Morgan fingerprint density at radius 2 is 2.00 bits per heavy atom. The third-order valence-electron chi connectivity index (χ3n) is 3.28. The third-order valence-corrected chi connectivity index (χ3v) is 3.28. The first-order valence-corrected chi connectivity index (χ1v) is 6.75. The van der Waals surface area contributed by atoms with Gasteiger partial charge >= 0.3 is 12.2 Å². The highest BCUT2D eigenvalue weighted by Gasteiger charge is 2.29. The monoisotopic (exact) mass is 302 g/mol. The lowest BCUT2D eigenvalue weighted by Gasteiger charge is -2.22. The van der Waals surface area contributed by atoms with E-state index in [2.05, 4.69) is 10.6 Å². The molecule has 2 N–H and O–H groups in total. The van der Waals surface area contributed by atoms with Gasteiger partial charge in [0, 0.05) is 18.8 Å². The Morgan fingerprint density at radius 3 is 2.57 bits per heavy atom. The Bertz CT molecular complexity index is 468. The number of nitrogens with one attached hydrogen (secondary N) is 2. The molecule has 1 atom stereocenters. The number of carbonyl (C=O) groups is 1. The molecule has 116 valence electrons. The molecule has 1 aliphatic rings. The van der Waals surface area contributed by atoms with Crippen LogP contribution in [0.4, 0.5) is 23.7 Å². The number of urea groups is 1. The van der Waals surface area contributed by atoms with Crippen molar-refractivity contribution in [2.75, 3.05) is 25.1 Å². The average Bonchev–Trinajstić information content (AvgIpc) is 2.46. The fourth-order valence-electron chi connectivity index (χ4n) is 2.12. The van der Waals surface area contributed by atoms with Gasteiger partial charge in [0.2, 0.25) is 0 Å². The first-order valence-electron chi connectivity index (χ1n) is 6.75. The van der Waals surface area contributed by atoms with E-state index in [1.807, 2.05) is 0 Å². The molecule has 1 heterocycles. The molecule has 1 aliphatic heterocycles. The molecule has 0 aromatic heterocycles. The van der Waals surface area contributed by atoms with Gasteiger partial charge < -0.3 is 15.4 Å². The molecule has 1 fully saturated rings. The van der Waals surface area contributed by atoms with Gasteiger partial charge in [-0.1, -0.05) is 0 Å². The van der Waals surface area contributed by atoms with Crippen LogP contribution in [0.3, 0.4) is 0 Å². The number of amides is 2. The van der Waals surface area contributed by atoms with Crippen molar-refractivity contribution in [1.82, 2.24) is 5.32 Å². The van der Waals surface area contributed by atoms with Crippen molar-refractivity contribution in [2.24, 2.45) is 5.92 Å². The van der Waals surface area contributed by atoms with Crippen LogP contribution in [0.25, 0.3) is 0 Å². The molecule has 1 aromatic rings. The van der Waals surface area contributed by atoms with E-state index >= 15 is 0 Å². The lowest BCUT2D eigenvalue weighted by molar-refractivity contribution is -0.137. The topological polar surface area (TPSA) is 50.4 Å². The SMILES string of the molecule is O=C(NC[C@@H]1CCCOC1)Nc1ccc(C(F)(F)F)cc1. The van der Waals surface area contributed by atoms with Gasteiger partial charge in [-0.15, -0.1) is 0 Å². The van der Waals surface area contributed by atoms with E-state index in [1.165, 1.54) is 12.1 Å². The zero-order chi connectivity index (χ0) is 15.3. The predicted molar refractivity (Wildman–Crippen MR) is 72.0 cm³/mol. The van der Waals surface area contributed by atoms with Crippen LogP contribution in [0.1, 0.15) is 18.4 Å². The van der Waals surface area contributed by atoms with Crippen molar-refractivity contribution in [3.05, 3.63) is 29.8 Å². The molecule has 21 heavy (non-hydrogen) atoms. The first kappa shape index (κ1) is 15.6. The number of alkyl halides is 3. The highest BCUT2D eigenvalue weighted by atomic mass is 19.4. The summed E-state index contributed by atoms with van der Waals surface area (Å²) in [5.41, 5.74) is -0.423. The van der Waals surface area contributed by atoms with Crippen LogP contribution < -0.4 is 10.6 Å². The minimum Gasteiger partial charge on any atom is -0.381 e. The molecule has 2 rings (SSSR count). The molecule has 0 spiro atoms. The van der Waals surface area contributed by atoms with Crippen molar-refractivity contribution in [1.29, 1.82) is 0 Å². The fourth-order valence-corrected chi connectivity index (χ4v) is 2.12. The Hall–Kier alpha value is -1.76. The summed E-state index contributed by atoms with van der Waals surface area (Å²) in [5.74, 6) is 0.289. The van der Waals surface area contributed by atoms with Crippen LogP contribution in [0, 0.1) is 5.92 Å². The maximum absolute atomic E-state index is 12.4. The molecule has 0 aliphatic carbocycles. The molecule has 2 amide bonds. The normalized spacial score (nSPS) is 19.1. The summed E-state index contributed by atoms with van der Waals surface area (Å²) in [6, 6.07) is 3.90. The number of benzene rings is 1. The summed E-state index contributed by atoms with van der Waals surface area (Å²) in [7, 11) is 0. The second-order valence-electron chi connectivity index (χ2n) is 4.99. The van der Waals surface area contributed by atoms with Gasteiger partial charge in [-0.3, -0.25) is 0 Å². The number of ether oxygens (including phenoxy) is 1. The summed E-state index contributed by atoms with van der Waals surface area (Å²) >= 11 is 0. The summed E-state index contributed by atoms with van der Waals surface area (Å²) in [6.45, 7) is 1.88. The summed E-state index contributed by atoms with van der Waals surface area (Å²) in [5, 5.41) is 5.20. The predicted octanol–water partition coefficient (Wildman–Crippen LogP) is 3.25. The minimum atomic E-state index is -4.37. The number of halogens is 3. The molecule has 7 heteroatoms. The molecule has 1 saturated heterocycles. The molecule has 1 aromatic carbocycles. The van der Waals surface area contributed by atoms with E-state index in [1.54, 1.807) is 0 Å².